The minimum atomic E-state index is -1.06. The van der Waals surface area contributed by atoms with Crippen LogP contribution in [0.25, 0.3) is 0 Å². The molecule has 0 saturated carbocycles. The Morgan fingerprint density at radius 3 is 2.61 bits per heavy atom. The number of rotatable bonds is 3. The maximum absolute atomic E-state index is 11.9. The number of nitrogens with zero attached hydrogens (tertiary/aromatic N) is 1. The van der Waals surface area contributed by atoms with Crippen molar-refractivity contribution < 1.29 is 14.7 Å². The van der Waals surface area contributed by atoms with Crippen LogP contribution in [-0.4, -0.2) is 41.0 Å². The molecule has 1 aliphatic rings. The summed E-state index contributed by atoms with van der Waals surface area (Å²) in [5.41, 5.74) is 5.67. The summed E-state index contributed by atoms with van der Waals surface area (Å²) in [6.45, 7) is 7.27. The van der Waals surface area contributed by atoms with Gasteiger partial charge in [0.05, 0.1) is 0 Å². The van der Waals surface area contributed by atoms with Crippen LogP contribution in [0.1, 0.15) is 40.0 Å². The average Bonchev–Trinajstić information content (AvgIpc) is 2.41. The first-order valence-electron chi connectivity index (χ1n) is 6.48. The van der Waals surface area contributed by atoms with Crippen molar-refractivity contribution >= 4 is 11.9 Å². The number of hydrogen-bond acceptors (Lipinski definition) is 3. The van der Waals surface area contributed by atoms with Gasteiger partial charge in [0.1, 0.15) is 6.04 Å². The third kappa shape index (κ3) is 3.98. The second-order valence-corrected chi connectivity index (χ2v) is 6.17. The molecule has 0 aromatic heterocycles. The Kier molecular flexibility index (Phi) is 4.73. The summed E-state index contributed by atoms with van der Waals surface area (Å²) in [4.78, 5) is 24.3. The van der Waals surface area contributed by atoms with Gasteiger partial charge in [0.25, 0.3) is 0 Å². The standard InChI is InChI=1S/C13H24N2O3/c1-13(2,3)9-4-5-11(16)15(7-6-9)8-10(14)12(17)18/h9-10H,4-8,14H2,1-3H3,(H,17,18). The van der Waals surface area contributed by atoms with Gasteiger partial charge in [0.15, 0.2) is 0 Å². The molecule has 18 heavy (non-hydrogen) atoms. The van der Waals surface area contributed by atoms with Crippen LogP contribution in [0.3, 0.4) is 0 Å². The van der Waals surface area contributed by atoms with E-state index in [4.69, 9.17) is 10.8 Å². The molecule has 0 aromatic carbocycles. The van der Waals surface area contributed by atoms with Crippen molar-refractivity contribution in [3.05, 3.63) is 0 Å². The lowest BCUT2D eigenvalue weighted by molar-refractivity contribution is -0.140. The molecule has 2 atom stereocenters. The van der Waals surface area contributed by atoms with Gasteiger partial charge in [0.2, 0.25) is 5.91 Å². The predicted octanol–water partition coefficient (Wildman–Crippen LogP) is 1.07. The number of carboxylic acids is 1. The summed E-state index contributed by atoms with van der Waals surface area (Å²) >= 11 is 0. The Hall–Kier alpha value is -1.10. The van der Waals surface area contributed by atoms with E-state index in [2.05, 4.69) is 20.8 Å². The normalized spacial score (nSPS) is 23.7. The number of carbonyl (C=O) groups is 2. The van der Waals surface area contributed by atoms with E-state index in [0.717, 1.165) is 12.8 Å². The molecule has 5 heteroatoms. The molecule has 0 radical (unpaired) electrons. The molecule has 1 heterocycles. The Bertz CT molecular complexity index is 323. The first-order valence-corrected chi connectivity index (χ1v) is 6.48. The number of likely N-dealkylation sites (tertiary alicyclic amines) is 1. The van der Waals surface area contributed by atoms with E-state index in [0.29, 0.717) is 18.9 Å². The van der Waals surface area contributed by atoms with Crippen molar-refractivity contribution in [2.75, 3.05) is 13.1 Å². The lowest BCUT2D eigenvalue weighted by atomic mass is 9.77. The number of hydrogen-bond donors (Lipinski definition) is 2. The summed E-state index contributed by atoms with van der Waals surface area (Å²) in [6, 6.07) is -0.986. The van der Waals surface area contributed by atoms with Crippen molar-refractivity contribution in [2.45, 2.75) is 46.1 Å². The van der Waals surface area contributed by atoms with Crippen LogP contribution in [-0.2, 0) is 9.59 Å². The molecule has 2 unspecified atom stereocenters. The van der Waals surface area contributed by atoms with E-state index in [1.54, 1.807) is 4.90 Å². The number of carboxylic acid groups (broad SMARTS) is 1. The van der Waals surface area contributed by atoms with Crippen molar-refractivity contribution in [1.82, 2.24) is 4.90 Å². The Balaban J connectivity index is 2.62. The molecule has 3 N–H and O–H groups in total. The molecule has 104 valence electrons. The van der Waals surface area contributed by atoms with Crippen molar-refractivity contribution in [3.8, 4) is 0 Å². The van der Waals surface area contributed by atoms with E-state index in [-0.39, 0.29) is 17.9 Å². The summed E-state index contributed by atoms with van der Waals surface area (Å²) in [6.07, 6.45) is 2.29. The molecule has 0 aromatic rings. The van der Waals surface area contributed by atoms with Crippen LogP contribution < -0.4 is 5.73 Å². The topological polar surface area (TPSA) is 83.6 Å². The highest BCUT2D eigenvalue weighted by atomic mass is 16.4. The summed E-state index contributed by atoms with van der Waals surface area (Å²) in [7, 11) is 0. The number of nitrogens with two attached hydrogens (primary N) is 1. The van der Waals surface area contributed by atoms with Gasteiger partial charge < -0.3 is 15.7 Å². The molecule has 5 nitrogen and oxygen atoms in total. The van der Waals surface area contributed by atoms with Crippen molar-refractivity contribution in [2.24, 2.45) is 17.1 Å². The van der Waals surface area contributed by atoms with Crippen LogP contribution in [0.5, 0.6) is 0 Å². The minimum Gasteiger partial charge on any atom is -0.480 e. The van der Waals surface area contributed by atoms with Gasteiger partial charge in [-0.3, -0.25) is 9.59 Å². The molecule has 0 bridgehead atoms. The zero-order valence-corrected chi connectivity index (χ0v) is 11.5. The summed E-state index contributed by atoms with van der Waals surface area (Å²) in [5, 5.41) is 8.79. The highest BCUT2D eigenvalue weighted by Crippen LogP contribution is 2.34. The number of aliphatic carboxylic acids is 1. The fourth-order valence-electron chi connectivity index (χ4n) is 2.41. The second-order valence-electron chi connectivity index (χ2n) is 6.17. The van der Waals surface area contributed by atoms with Crippen LogP contribution in [0.2, 0.25) is 0 Å². The molecule has 1 saturated heterocycles. The predicted molar refractivity (Wildman–Crippen MR) is 69.0 cm³/mol. The van der Waals surface area contributed by atoms with Crippen LogP contribution in [0.15, 0.2) is 0 Å². The smallest absolute Gasteiger partial charge is 0.322 e. The summed E-state index contributed by atoms with van der Waals surface area (Å²) in [5.74, 6) is -0.537. The first kappa shape index (κ1) is 15.0. The monoisotopic (exact) mass is 256 g/mol. The molecule has 1 rings (SSSR count). The maximum Gasteiger partial charge on any atom is 0.322 e. The minimum absolute atomic E-state index is 0.0263. The van der Waals surface area contributed by atoms with Gasteiger partial charge in [-0.15, -0.1) is 0 Å². The van der Waals surface area contributed by atoms with E-state index in [1.807, 2.05) is 0 Å². The third-order valence-electron chi connectivity index (χ3n) is 3.77. The van der Waals surface area contributed by atoms with Gasteiger partial charge in [-0.25, -0.2) is 0 Å². The van der Waals surface area contributed by atoms with E-state index >= 15 is 0 Å². The Morgan fingerprint density at radius 2 is 2.11 bits per heavy atom. The fourth-order valence-corrected chi connectivity index (χ4v) is 2.41. The highest BCUT2D eigenvalue weighted by molar-refractivity contribution is 5.78. The van der Waals surface area contributed by atoms with Crippen LogP contribution in [0.4, 0.5) is 0 Å². The van der Waals surface area contributed by atoms with E-state index in [9.17, 15) is 9.59 Å². The molecular weight excluding hydrogens is 232 g/mol. The van der Waals surface area contributed by atoms with Gasteiger partial charge in [0, 0.05) is 19.5 Å². The lowest BCUT2D eigenvalue weighted by Crippen LogP contribution is -2.45. The molecule has 1 amide bonds. The SMILES string of the molecule is CC(C)(C)C1CCC(=O)N(CC(N)C(=O)O)CC1. The fraction of sp³-hybridized carbons (Fsp3) is 0.846. The number of amides is 1. The van der Waals surface area contributed by atoms with Crippen LogP contribution in [0, 0.1) is 11.3 Å². The van der Waals surface area contributed by atoms with Gasteiger partial charge in [-0.05, 0) is 24.2 Å². The third-order valence-corrected chi connectivity index (χ3v) is 3.77. The largest absolute Gasteiger partial charge is 0.480 e. The maximum atomic E-state index is 11.9. The van der Waals surface area contributed by atoms with Crippen molar-refractivity contribution in [1.29, 1.82) is 0 Å². The molecule has 0 aliphatic carbocycles. The first-order chi connectivity index (χ1) is 8.21. The van der Waals surface area contributed by atoms with E-state index < -0.39 is 12.0 Å². The number of carbonyl (C=O) groups excluding carboxylic acids is 1. The van der Waals surface area contributed by atoms with E-state index in [1.165, 1.54) is 0 Å². The zero-order valence-electron chi connectivity index (χ0n) is 11.5. The highest BCUT2D eigenvalue weighted by Gasteiger charge is 2.31. The van der Waals surface area contributed by atoms with Crippen molar-refractivity contribution in [3.63, 3.8) is 0 Å². The quantitative estimate of drug-likeness (QED) is 0.791. The lowest BCUT2D eigenvalue weighted by Gasteiger charge is -2.29. The molecule has 0 spiro atoms. The molecule has 1 aliphatic heterocycles. The van der Waals surface area contributed by atoms with Gasteiger partial charge in [-0.2, -0.15) is 0 Å². The average molecular weight is 256 g/mol. The second kappa shape index (κ2) is 5.69. The Labute approximate surface area is 108 Å². The zero-order chi connectivity index (χ0) is 13.9. The van der Waals surface area contributed by atoms with Gasteiger partial charge >= 0.3 is 5.97 Å². The summed E-state index contributed by atoms with van der Waals surface area (Å²) < 4.78 is 0. The van der Waals surface area contributed by atoms with Gasteiger partial charge in [-0.1, -0.05) is 20.8 Å². The molecule has 1 fully saturated rings. The van der Waals surface area contributed by atoms with Crippen LogP contribution >= 0.6 is 0 Å². The Morgan fingerprint density at radius 1 is 1.50 bits per heavy atom. The molecular formula is C13H24N2O3.